The van der Waals surface area contributed by atoms with E-state index in [2.05, 4.69) is 10.2 Å². The Morgan fingerprint density at radius 3 is 1.85 bits per heavy atom. The zero-order chi connectivity index (χ0) is 19.0. The van der Waals surface area contributed by atoms with Gasteiger partial charge in [0.05, 0.1) is 31.9 Å². The molecule has 15 heteroatoms. The van der Waals surface area contributed by atoms with Crippen molar-refractivity contribution in [3.8, 4) is 0 Å². The zero-order valence-corrected chi connectivity index (χ0v) is 20.5. The summed E-state index contributed by atoms with van der Waals surface area (Å²) in [4.78, 5) is -1.29. The smallest absolute Gasteiger partial charge is 0.744 e. The van der Waals surface area contributed by atoms with Gasteiger partial charge in [-0.1, -0.05) is 11.6 Å². The standard InChI is InChI=1S/C12H11ClN4O6S2.2Na/c13-10-8(14)5-9(25(21,22)23)12(11(10)15)17-16-6-1-3-7(4-2-6)24(18,19)20;;/h1-5H,14-15H2,(H,18,19,20)(H,21,22,23);;/q;2*+1/p-2. The molecule has 0 bridgehead atoms. The quantitative estimate of drug-likeness (QED) is 0.202. The molecule has 0 aliphatic heterocycles. The van der Waals surface area contributed by atoms with E-state index in [1.165, 1.54) is 0 Å². The number of anilines is 2. The predicted molar refractivity (Wildman–Crippen MR) is 86.8 cm³/mol. The number of hydrogen-bond acceptors (Lipinski definition) is 10. The molecule has 0 aromatic heterocycles. The van der Waals surface area contributed by atoms with Crippen molar-refractivity contribution in [1.29, 1.82) is 0 Å². The molecule has 4 N–H and O–H groups in total. The summed E-state index contributed by atoms with van der Waals surface area (Å²) in [6, 6.07) is 5.08. The van der Waals surface area contributed by atoms with Gasteiger partial charge in [0.2, 0.25) is 0 Å². The van der Waals surface area contributed by atoms with E-state index in [0.29, 0.717) is 0 Å². The van der Waals surface area contributed by atoms with E-state index in [4.69, 9.17) is 23.1 Å². The Morgan fingerprint density at radius 2 is 1.41 bits per heavy atom. The van der Waals surface area contributed by atoms with Crippen LogP contribution in [0.2, 0.25) is 5.02 Å². The average Bonchev–Trinajstić information content (AvgIpc) is 2.50. The fourth-order valence-electron chi connectivity index (χ4n) is 1.75. The van der Waals surface area contributed by atoms with Gasteiger partial charge in [0.1, 0.15) is 25.9 Å². The van der Waals surface area contributed by atoms with Gasteiger partial charge in [-0.2, -0.15) is 5.11 Å². The Bertz CT molecular complexity index is 1080. The normalized spacial score (nSPS) is 11.7. The van der Waals surface area contributed by atoms with Crippen LogP contribution in [-0.4, -0.2) is 25.9 Å². The molecule has 0 saturated carbocycles. The van der Waals surface area contributed by atoms with Gasteiger partial charge in [-0.15, -0.1) is 5.11 Å². The maximum absolute atomic E-state index is 11.3. The Labute approximate surface area is 204 Å². The van der Waals surface area contributed by atoms with Crippen LogP contribution in [0.3, 0.4) is 0 Å². The van der Waals surface area contributed by atoms with Crippen LogP contribution in [0, 0.1) is 0 Å². The summed E-state index contributed by atoms with van der Waals surface area (Å²) in [6.07, 6.45) is 0. The topological polar surface area (TPSA) is 191 Å². The van der Waals surface area contributed by atoms with Crippen molar-refractivity contribution in [3.63, 3.8) is 0 Å². The molecule has 0 heterocycles. The molecule has 0 fully saturated rings. The molecule has 2 aromatic rings. The van der Waals surface area contributed by atoms with E-state index in [1.54, 1.807) is 0 Å². The van der Waals surface area contributed by atoms with Gasteiger partial charge >= 0.3 is 59.1 Å². The molecule has 0 aliphatic rings. The molecule has 0 amide bonds. The monoisotopic (exact) mass is 450 g/mol. The maximum atomic E-state index is 11.3. The first-order valence-electron chi connectivity index (χ1n) is 6.22. The summed E-state index contributed by atoms with van der Waals surface area (Å²) in [5, 5.41) is 7.04. The fraction of sp³-hybridized carbons (Fsp3) is 0. The molecule has 2 rings (SSSR count). The van der Waals surface area contributed by atoms with Crippen molar-refractivity contribution in [2.75, 3.05) is 11.5 Å². The fourth-order valence-corrected chi connectivity index (χ4v) is 3.02. The summed E-state index contributed by atoms with van der Waals surface area (Å²) in [7, 11) is -9.59. The zero-order valence-electron chi connectivity index (χ0n) is 14.1. The first-order chi connectivity index (χ1) is 11.4. The van der Waals surface area contributed by atoms with Gasteiger partial charge in [-0.05, 0) is 30.3 Å². The summed E-state index contributed by atoms with van der Waals surface area (Å²) < 4.78 is 66.5. The van der Waals surface area contributed by atoms with E-state index in [9.17, 15) is 25.9 Å². The minimum absolute atomic E-state index is 0. The second-order valence-corrected chi connectivity index (χ2v) is 7.75. The van der Waals surface area contributed by atoms with Gasteiger partial charge in [-0.3, -0.25) is 0 Å². The van der Waals surface area contributed by atoms with Crippen LogP contribution < -0.4 is 70.6 Å². The van der Waals surface area contributed by atoms with E-state index in [1.807, 2.05) is 0 Å². The molecule has 27 heavy (non-hydrogen) atoms. The van der Waals surface area contributed by atoms with Gasteiger partial charge in [0.25, 0.3) is 0 Å². The van der Waals surface area contributed by atoms with Crippen LogP contribution in [0.1, 0.15) is 0 Å². The molecular formula is C12H9ClN4Na2O6S2. The number of benzene rings is 2. The Kier molecular flexibility index (Phi) is 9.89. The maximum Gasteiger partial charge on any atom is 1.00 e. The van der Waals surface area contributed by atoms with Crippen LogP contribution >= 0.6 is 11.6 Å². The largest absolute Gasteiger partial charge is 1.00 e. The van der Waals surface area contributed by atoms with Crippen LogP contribution in [0.15, 0.2) is 50.4 Å². The Hall–Kier alpha value is -0.250. The second kappa shape index (κ2) is 9.98. The second-order valence-electron chi connectivity index (χ2n) is 4.64. The molecule has 10 nitrogen and oxygen atoms in total. The van der Waals surface area contributed by atoms with Crippen LogP contribution in [0.25, 0.3) is 0 Å². The minimum Gasteiger partial charge on any atom is -0.744 e. The Morgan fingerprint density at radius 1 is 0.889 bits per heavy atom. The number of nitrogens with two attached hydrogens (primary N) is 2. The van der Waals surface area contributed by atoms with Crippen LogP contribution in [0.4, 0.5) is 22.7 Å². The summed E-state index contributed by atoms with van der Waals surface area (Å²) in [5.74, 6) is 0. The molecule has 0 aliphatic carbocycles. The van der Waals surface area contributed by atoms with Gasteiger partial charge in [0.15, 0.2) is 0 Å². The molecule has 0 spiro atoms. The summed E-state index contributed by atoms with van der Waals surface area (Å²) in [5.41, 5.74) is 10.1. The third-order valence-corrected chi connectivity index (χ3v) is 5.05. The summed E-state index contributed by atoms with van der Waals surface area (Å²) in [6.45, 7) is 0. The molecule has 2 aromatic carbocycles. The van der Waals surface area contributed by atoms with Crippen molar-refractivity contribution in [1.82, 2.24) is 0 Å². The number of rotatable bonds is 4. The molecule has 0 atom stereocenters. The van der Waals surface area contributed by atoms with E-state index >= 15 is 0 Å². The minimum atomic E-state index is -4.97. The first kappa shape index (κ1) is 26.8. The van der Waals surface area contributed by atoms with Crippen molar-refractivity contribution >= 4 is 54.6 Å². The number of hydrogen-bond donors (Lipinski definition) is 2. The number of nitrogens with zero attached hydrogens (tertiary/aromatic N) is 2. The van der Waals surface area contributed by atoms with Crippen molar-refractivity contribution in [2.24, 2.45) is 10.2 Å². The number of azo groups is 1. The Balaban J connectivity index is 0.00000338. The van der Waals surface area contributed by atoms with E-state index in [0.717, 1.165) is 30.3 Å². The molecule has 0 unspecified atom stereocenters. The average molecular weight is 451 g/mol. The van der Waals surface area contributed by atoms with Crippen LogP contribution in [0.5, 0.6) is 0 Å². The molecule has 134 valence electrons. The third kappa shape index (κ3) is 6.65. The summed E-state index contributed by atoms with van der Waals surface area (Å²) >= 11 is 5.81. The number of nitrogen functional groups attached to an aromatic ring is 2. The van der Waals surface area contributed by atoms with Crippen LogP contribution in [-0.2, 0) is 20.2 Å². The van der Waals surface area contributed by atoms with Gasteiger partial charge < -0.3 is 20.6 Å². The molecular weight excluding hydrogens is 442 g/mol. The SMILES string of the molecule is Nc1cc(S(=O)(=O)[O-])c(N=Nc2ccc(S(=O)(=O)[O-])cc2)c(N)c1Cl.[Na+].[Na+]. The van der Waals surface area contributed by atoms with Crippen molar-refractivity contribution < 1.29 is 85.1 Å². The van der Waals surface area contributed by atoms with Crippen molar-refractivity contribution in [3.05, 3.63) is 35.4 Å². The van der Waals surface area contributed by atoms with Crippen molar-refractivity contribution in [2.45, 2.75) is 9.79 Å². The van der Waals surface area contributed by atoms with E-state index < -0.39 is 35.7 Å². The predicted octanol–water partition coefficient (Wildman–Crippen LogP) is -4.26. The third-order valence-electron chi connectivity index (χ3n) is 2.93. The first-order valence-corrected chi connectivity index (χ1v) is 9.41. The van der Waals surface area contributed by atoms with Gasteiger partial charge in [-0.25, -0.2) is 16.8 Å². The van der Waals surface area contributed by atoms with E-state index in [-0.39, 0.29) is 81.2 Å². The molecule has 0 saturated heterocycles. The van der Waals surface area contributed by atoms with Gasteiger partial charge in [0, 0.05) is 0 Å². The molecule has 0 radical (unpaired) electrons. The number of halogens is 1.